The monoisotopic (exact) mass is 686 g/mol. The Morgan fingerprint density at radius 2 is 0.926 bits per heavy atom. The molecule has 0 atom stereocenters. The van der Waals surface area contributed by atoms with E-state index in [4.69, 9.17) is 4.42 Å². The van der Waals surface area contributed by atoms with E-state index in [1.165, 1.54) is 93.9 Å². The van der Waals surface area contributed by atoms with E-state index in [0.29, 0.717) is 0 Å². The summed E-state index contributed by atoms with van der Waals surface area (Å²) >= 11 is 0. The van der Waals surface area contributed by atoms with Crippen LogP contribution in [0.5, 0.6) is 0 Å². The smallest absolute Gasteiger partial charge is 0.143 e. The van der Waals surface area contributed by atoms with Crippen molar-refractivity contribution in [3.8, 4) is 66.8 Å². The Morgan fingerprint density at radius 1 is 0.352 bits per heavy atom. The second-order valence-corrected chi connectivity index (χ2v) is 15.5. The second kappa shape index (κ2) is 10.7. The molecule has 0 amide bonds. The Labute approximate surface area is 313 Å². The molecule has 54 heavy (non-hydrogen) atoms. The van der Waals surface area contributed by atoms with Crippen LogP contribution < -0.4 is 0 Å². The summed E-state index contributed by atoms with van der Waals surface area (Å²) in [6.45, 7) is 4.82. The lowest BCUT2D eigenvalue weighted by Gasteiger charge is -2.24. The largest absolute Gasteiger partial charge is 0.455 e. The predicted molar refractivity (Wildman–Crippen MR) is 227 cm³/mol. The maximum Gasteiger partial charge on any atom is 0.143 e. The van der Waals surface area contributed by atoms with Crippen molar-refractivity contribution in [3.63, 3.8) is 0 Å². The van der Waals surface area contributed by atoms with E-state index < -0.39 is 0 Å². The third kappa shape index (κ3) is 3.83. The van der Waals surface area contributed by atoms with Gasteiger partial charge in [-0.05, 0) is 112 Å². The molecular formula is C53H34O. The lowest BCUT2D eigenvalue weighted by atomic mass is 9.79. The van der Waals surface area contributed by atoms with Crippen LogP contribution in [-0.4, -0.2) is 0 Å². The van der Waals surface area contributed by atoms with Gasteiger partial charge in [0.1, 0.15) is 11.2 Å². The van der Waals surface area contributed by atoms with Gasteiger partial charge in [0.2, 0.25) is 0 Å². The van der Waals surface area contributed by atoms with Gasteiger partial charge in [-0.3, -0.25) is 0 Å². The van der Waals surface area contributed by atoms with Crippen molar-refractivity contribution in [2.45, 2.75) is 19.3 Å². The fourth-order valence-corrected chi connectivity index (χ4v) is 10.0. The van der Waals surface area contributed by atoms with Crippen LogP contribution in [0.4, 0.5) is 0 Å². The molecule has 0 radical (unpaired) electrons. The van der Waals surface area contributed by atoms with Gasteiger partial charge in [-0.15, -0.1) is 0 Å². The first kappa shape index (κ1) is 29.8. The third-order valence-electron chi connectivity index (χ3n) is 12.4. The Bertz CT molecular complexity index is 3220. The molecule has 0 aliphatic heterocycles. The average molecular weight is 687 g/mol. The lowest BCUT2D eigenvalue weighted by molar-refractivity contribution is 0.660. The fraction of sp³-hybridized carbons (Fsp3) is 0.0566. The third-order valence-corrected chi connectivity index (χ3v) is 12.4. The van der Waals surface area contributed by atoms with Crippen molar-refractivity contribution < 1.29 is 4.42 Å². The minimum Gasteiger partial charge on any atom is -0.455 e. The molecule has 0 fully saturated rings. The van der Waals surface area contributed by atoms with Crippen LogP contribution in [0.1, 0.15) is 25.0 Å². The Balaban J connectivity index is 1.15. The molecule has 12 rings (SSSR count). The summed E-state index contributed by atoms with van der Waals surface area (Å²) in [4.78, 5) is 0. The minimum atomic E-state index is -0.224. The molecule has 0 N–H and O–H groups in total. The number of fused-ring (bicyclic) bond motifs is 11. The molecule has 0 unspecified atom stereocenters. The average Bonchev–Trinajstić information content (AvgIpc) is 3.84. The molecule has 1 aromatic heterocycles. The topological polar surface area (TPSA) is 13.1 Å². The number of hydrogen-bond acceptors (Lipinski definition) is 1. The first-order valence-corrected chi connectivity index (χ1v) is 18.9. The first-order chi connectivity index (χ1) is 26.6. The number of para-hydroxylation sites is 2. The van der Waals surface area contributed by atoms with Crippen LogP contribution in [0.25, 0.3) is 110 Å². The SMILES string of the molecule is CC1(C)c2cc(-c3cccc4c3oc3ccccc34)ccc2-c2c1cc1c3c(cccc23)-c2c-1c(-c1ccccc1)c1ccccc1c2-c1ccccc1. The Kier molecular flexibility index (Phi) is 5.90. The van der Waals surface area contributed by atoms with E-state index in [1.54, 1.807) is 0 Å². The molecule has 0 saturated carbocycles. The zero-order valence-corrected chi connectivity index (χ0v) is 30.1. The summed E-state index contributed by atoms with van der Waals surface area (Å²) in [6, 6.07) is 62.6. The van der Waals surface area contributed by atoms with Gasteiger partial charge in [0.25, 0.3) is 0 Å². The van der Waals surface area contributed by atoms with Crippen molar-refractivity contribution in [1.82, 2.24) is 0 Å². The summed E-state index contributed by atoms with van der Waals surface area (Å²) in [7, 11) is 0. The lowest BCUT2D eigenvalue weighted by Crippen LogP contribution is -2.15. The number of rotatable bonds is 3. The van der Waals surface area contributed by atoms with Gasteiger partial charge in [0.05, 0.1) is 0 Å². The van der Waals surface area contributed by atoms with Crippen molar-refractivity contribution in [2.24, 2.45) is 0 Å². The van der Waals surface area contributed by atoms with E-state index in [0.717, 1.165) is 27.5 Å². The van der Waals surface area contributed by atoms with Crippen LogP contribution in [0.15, 0.2) is 174 Å². The molecule has 252 valence electrons. The highest BCUT2D eigenvalue weighted by Gasteiger charge is 2.40. The van der Waals surface area contributed by atoms with Gasteiger partial charge in [-0.2, -0.15) is 0 Å². The van der Waals surface area contributed by atoms with Crippen LogP contribution >= 0.6 is 0 Å². The molecular weight excluding hydrogens is 653 g/mol. The summed E-state index contributed by atoms with van der Waals surface area (Å²) in [5, 5.41) is 7.58. The second-order valence-electron chi connectivity index (χ2n) is 15.5. The number of furan rings is 1. The molecule has 1 heterocycles. The minimum absolute atomic E-state index is 0.224. The standard InChI is InChI=1S/C53H34O/c1-53(2)43-29-33(34-22-13-23-38-35-19-11-12-26-45(35)54-52(34)38)27-28-39(43)49-40-24-14-25-41-48(40)42(30-44(49)53)51-47(32-17-7-4-8-18-32)37-21-10-9-20-36(37)46(50(41)51)31-15-5-3-6-16-31/h3-30H,1-2H3. The molecule has 0 spiro atoms. The molecule has 10 aromatic rings. The van der Waals surface area contributed by atoms with E-state index in [2.05, 4.69) is 178 Å². The van der Waals surface area contributed by atoms with Crippen molar-refractivity contribution >= 4 is 43.5 Å². The van der Waals surface area contributed by atoms with Gasteiger partial charge in [0.15, 0.2) is 0 Å². The van der Waals surface area contributed by atoms with Crippen LogP contribution in [0, 0.1) is 0 Å². The summed E-state index contributed by atoms with van der Waals surface area (Å²) in [6.07, 6.45) is 0. The number of benzene rings is 9. The van der Waals surface area contributed by atoms with E-state index in [-0.39, 0.29) is 5.41 Å². The predicted octanol–water partition coefficient (Wildman–Crippen LogP) is 14.8. The normalized spacial score (nSPS) is 13.5. The molecule has 9 aromatic carbocycles. The highest BCUT2D eigenvalue weighted by molar-refractivity contribution is 6.29. The zero-order chi connectivity index (χ0) is 35.7. The Morgan fingerprint density at radius 3 is 1.63 bits per heavy atom. The van der Waals surface area contributed by atoms with Gasteiger partial charge in [-0.25, -0.2) is 0 Å². The van der Waals surface area contributed by atoms with Gasteiger partial charge in [-0.1, -0.05) is 166 Å². The molecule has 0 bridgehead atoms. The number of hydrogen-bond donors (Lipinski definition) is 0. The van der Waals surface area contributed by atoms with E-state index in [9.17, 15) is 0 Å². The molecule has 1 heteroatoms. The van der Waals surface area contributed by atoms with Crippen molar-refractivity contribution in [1.29, 1.82) is 0 Å². The first-order valence-electron chi connectivity index (χ1n) is 18.9. The molecule has 1 nitrogen and oxygen atoms in total. The van der Waals surface area contributed by atoms with Crippen LogP contribution in [0.2, 0.25) is 0 Å². The molecule has 0 saturated heterocycles. The Hall–Kier alpha value is -6.70. The van der Waals surface area contributed by atoms with E-state index >= 15 is 0 Å². The summed E-state index contributed by atoms with van der Waals surface area (Å²) in [5.41, 5.74) is 19.9. The van der Waals surface area contributed by atoms with Crippen LogP contribution in [0.3, 0.4) is 0 Å². The van der Waals surface area contributed by atoms with E-state index in [1.807, 2.05) is 6.07 Å². The summed E-state index contributed by atoms with van der Waals surface area (Å²) < 4.78 is 6.52. The van der Waals surface area contributed by atoms with Crippen molar-refractivity contribution in [3.05, 3.63) is 181 Å². The van der Waals surface area contributed by atoms with Crippen molar-refractivity contribution in [2.75, 3.05) is 0 Å². The fourth-order valence-electron chi connectivity index (χ4n) is 10.0. The highest BCUT2D eigenvalue weighted by atomic mass is 16.3. The summed E-state index contributed by atoms with van der Waals surface area (Å²) in [5.74, 6) is 0. The van der Waals surface area contributed by atoms with Gasteiger partial charge >= 0.3 is 0 Å². The molecule has 2 aliphatic carbocycles. The maximum atomic E-state index is 6.52. The van der Waals surface area contributed by atoms with Gasteiger partial charge < -0.3 is 4.42 Å². The molecule has 2 aliphatic rings. The van der Waals surface area contributed by atoms with Gasteiger partial charge in [0, 0.05) is 21.8 Å². The zero-order valence-electron chi connectivity index (χ0n) is 30.1. The highest BCUT2D eigenvalue weighted by Crippen LogP contribution is 2.62. The maximum absolute atomic E-state index is 6.52. The van der Waals surface area contributed by atoms with Crippen LogP contribution in [-0.2, 0) is 5.41 Å². The quantitative estimate of drug-likeness (QED) is 0.180.